The normalized spacial score (nSPS) is 12.9. The van der Waals surface area contributed by atoms with Gasteiger partial charge in [-0.3, -0.25) is 9.59 Å². The number of aromatic nitrogens is 2. The molecule has 1 aliphatic heterocycles. The van der Waals surface area contributed by atoms with E-state index in [-0.39, 0.29) is 30.6 Å². The summed E-state index contributed by atoms with van der Waals surface area (Å²) in [6, 6.07) is 15.6. The van der Waals surface area contributed by atoms with E-state index < -0.39 is 5.91 Å². The van der Waals surface area contributed by atoms with Crippen molar-refractivity contribution in [1.29, 1.82) is 0 Å². The number of H-pyrrole nitrogens is 1. The van der Waals surface area contributed by atoms with Crippen molar-refractivity contribution in [3.63, 3.8) is 0 Å². The second-order valence-corrected chi connectivity index (χ2v) is 9.37. The summed E-state index contributed by atoms with van der Waals surface area (Å²) in [6.45, 7) is 3.40. The van der Waals surface area contributed by atoms with E-state index in [0.717, 1.165) is 28.7 Å². The number of hydrogen-bond donors (Lipinski definition) is 2. The summed E-state index contributed by atoms with van der Waals surface area (Å²) in [5.74, 6) is -0.450. The highest BCUT2D eigenvalue weighted by atomic mass is 32.1. The first-order valence-corrected chi connectivity index (χ1v) is 12.2. The number of ether oxygens (including phenoxy) is 1. The van der Waals surface area contributed by atoms with Gasteiger partial charge in [0.2, 0.25) is 5.82 Å². The molecular weight excluding hydrogens is 464 g/mol. The van der Waals surface area contributed by atoms with Gasteiger partial charge < -0.3 is 19.9 Å². The van der Waals surface area contributed by atoms with Crippen LogP contribution < -0.4 is 10.9 Å². The number of thiophene rings is 1. The third kappa shape index (κ3) is 4.95. The molecule has 2 N–H and O–H groups in total. The van der Waals surface area contributed by atoms with Gasteiger partial charge in [0.05, 0.1) is 5.39 Å². The van der Waals surface area contributed by atoms with Crippen molar-refractivity contribution < 1.29 is 14.3 Å². The third-order valence-electron chi connectivity index (χ3n) is 6.04. The second kappa shape index (κ2) is 9.71. The summed E-state index contributed by atoms with van der Waals surface area (Å²) in [4.78, 5) is 46.6. The predicted octanol–water partition coefficient (Wildman–Crippen LogP) is 3.92. The summed E-state index contributed by atoms with van der Waals surface area (Å²) in [7, 11) is 0. The molecule has 0 fully saturated rings. The molecule has 2 amide bonds. The van der Waals surface area contributed by atoms with Gasteiger partial charge >= 0.3 is 6.09 Å². The fourth-order valence-electron chi connectivity index (χ4n) is 4.15. The molecule has 0 saturated heterocycles. The van der Waals surface area contributed by atoms with Crippen LogP contribution in [0.15, 0.2) is 58.7 Å². The van der Waals surface area contributed by atoms with Gasteiger partial charge in [-0.1, -0.05) is 48.5 Å². The van der Waals surface area contributed by atoms with Gasteiger partial charge in [-0.2, -0.15) is 0 Å². The fourth-order valence-corrected chi connectivity index (χ4v) is 5.07. The van der Waals surface area contributed by atoms with Gasteiger partial charge in [0, 0.05) is 19.6 Å². The van der Waals surface area contributed by atoms with Crippen LogP contribution in [-0.2, 0) is 30.9 Å². The number of carbonyl (C=O) groups is 2. The number of carbonyl (C=O) groups excluding carboxylic acids is 2. The number of nitrogens with one attached hydrogen (secondary N) is 2. The Morgan fingerprint density at radius 1 is 1.14 bits per heavy atom. The molecule has 5 rings (SSSR count). The largest absolute Gasteiger partial charge is 0.445 e. The zero-order chi connectivity index (χ0) is 24.4. The summed E-state index contributed by atoms with van der Waals surface area (Å²) >= 11 is 1.34. The number of fused-ring (bicyclic) bond motifs is 2. The SMILES string of the molecule is Cc1csc2nc(C(=O)NCc3ccc4c(c3)CN(C(=O)OCc3ccccc3)CC4)[nH]c(=O)c12. The Labute approximate surface area is 205 Å². The lowest BCUT2D eigenvalue weighted by molar-refractivity contribution is 0.0917. The van der Waals surface area contributed by atoms with E-state index in [9.17, 15) is 14.4 Å². The van der Waals surface area contributed by atoms with E-state index in [1.54, 1.807) is 4.90 Å². The van der Waals surface area contributed by atoms with Crippen molar-refractivity contribution in [3.05, 3.63) is 97.9 Å². The Hall–Kier alpha value is -3.98. The molecule has 3 heterocycles. The number of nitrogens with zero attached hydrogens (tertiary/aromatic N) is 2. The van der Waals surface area contributed by atoms with Gasteiger partial charge in [0.1, 0.15) is 11.4 Å². The summed E-state index contributed by atoms with van der Waals surface area (Å²) < 4.78 is 5.48. The van der Waals surface area contributed by atoms with Crippen molar-refractivity contribution in [1.82, 2.24) is 20.2 Å². The van der Waals surface area contributed by atoms with E-state index in [4.69, 9.17) is 4.74 Å². The first-order valence-electron chi connectivity index (χ1n) is 11.3. The van der Waals surface area contributed by atoms with E-state index in [1.165, 1.54) is 16.9 Å². The molecule has 0 saturated carbocycles. The molecule has 8 nitrogen and oxygen atoms in total. The maximum atomic E-state index is 12.6. The minimum absolute atomic E-state index is 0.00496. The van der Waals surface area contributed by atoms with E-state index in [1.807, 2.05) is 60.8 Å². The van der Waals surface area contributed by atoms with Crippen molar-refractivity contribution >= 4 is 33.6 Å². The minimum atomic E-state index is -0.445. The highest BCUT2D eigenvalue weighted by Gasteiger charge is 2.22. The number of aryl methyl sites for hydroxylation is 1. The van der Waals surface area contributed by atoms with Crippen LogP contribution in [0.3, 0.4) is 0 Å². The first-order chi connectivity index (χ1) is 17.0. The van der Waals surface area contributed by atoms with Crippen molar-refractivity contribution in [3.8, 4) is 0 Å². The smallest absolute Gasteiger partial charge is 0.410 e. The fraction of sp³-hybridized carbons (Fsp3) is 0.231. The lowest BCUT2D eigenvalue weighted by atomic mass is 9.97. The summed E-state index contributed by atoms with van der Waals surface area (Å²) in [5.41, 5.74) is 4.58. The number of amides is 2. The Morgan fingerprint density at radius 3 is 2.80 bits per heavy atom. The molecule has 1 aliphatic rings. The molecule has 0 bridgehead atoms. The Balaban J connectivity index is 1.22. The van der Waals surface area contributed by atoms with Crippen LogP contribution in [0.5, 0.6) is 0 Å². The van der Waals surface area contributed by atoms with E-state index in [2.05, 4.69) is 15.3 Å². The van der Waals surface area contributed by atoms with E-state index >= 15 is 0 Å². The highest BCUT2D eigenvalue weighted by molar-refractivity contribution is 7.16. The highest BCUT2D eigenvalue weighted by Crippen LogP contribution is 2.22. The molecule has 0 aliphatic carbocycles. The molecule has 0 unspecified atom stereocenters. The van der Waals surface area contributed by atoms with Crippen LogP contribution in [0.1, 0.15) is 38.4 Å². The van der Waals surface area contributed by atoms with Crippen LogP contribution in [0, 0.1) is 6.92 Å². The monoisotopic (exact) mass is 488 g/mol. The molecule has 2 aromatic carbocycles. The van der Waals surface area contributed by atoms with Crippen LogP contribution in [0.2, 0.25) is 0 Å². The first kappa shape index (κ1) is 22.8. The van der Waals surface area contributed by atoms with Gasteiger partial charge in [-0.05, 0) is 46.5 Å². The maximum absolute atomic E-state index is 12.6. The molecule has 0 atom stereocenters. The lowest BCUT2D eigenvalue weighted by Gasteiger charge is -2.28. The molecule has 178 valence electrons. The van der Waals surface area contributed by atoms with Crippen LogP contribution in [-0.4, -0.2) is 33.4 Å². The number of hydrogen-bond acceptors (Lipinski definition) is 6. The van der Waals surface area contributed by atoms with Gasteiger partial charge in [0.25, 0.3) is 11.5 Å². The Kier molecular flexibility index (Phi) is 6.33. The third-order valence-corrected chi connectivity index (χ3v) is 7.03. The molecule has 2 aromatic heterocycles. The topological polar surface area (TPSA) is 104 Å². The maximum Gasteiger partial charge on any atom is 0.410 e. The van der Waals surface area contributed by atoms with Crippen molar-refractivity contribution in [2.75, 3.05) is 6.54 Å². The average Bonchev–Trinajstić information content (AvgIpc) is 3.27. The van der Waals surface area contributed by atoms with E-state index in [0.29, 0.717) is 23.3 Å². The van der Waals surface area contributed by atoms with Crippen molar-refractivity contribution in [2.24, 2.45) is 0 Å². The quantitative estimate of drug-likeness (QED) is 0.443. The zero-order valence-electron chi connectivity index (χ0n) is 19.2. The standard InChI is InChI=1S/C26H24N4O4S/c1-16-15-35-25-21(16)23(31)28-22(29-25)24(32)27-12-18-7-8-19-9-10-30(13-20(19)11-18)26(33)34-14-17-5-3-2-4-6-17/h2-8,11,15H,9-10,12-14H2,1H3,(H,27,32)(H,28,29,31). The molecule has 0 radical (unpaired) electrons. The van der Waals surface area contributed by atoms with Crippen LogP contribution in [0.4, 0.5) is 4.79 Å². The summed E-state index contributed by atoms with van der Waals surface area (Å²) in [6.07, 6.45) is 0.404. The summed E-state index contributed by atoms with van der Waals surface area (Å²) in [5, 5.41) is 5.19. The molecule has 4 aromatic rings. The second-order valence-electron chi connectivity index (χ2n) is 8.51. The van der Waals surface area contributed by atoms with Crippen LogP contribution >= 0.6 is 11.3 Å². The predicted molar refractivity (Wildman–Crippen MR) is 133 cm³/mol. The van der Waals surface area contributed by atoms with Gasteiger partial charge in [-0.15, -0.1) is 11.3 Å². The number of benzene rings is 2. The Bertz CT molecular complexity index is 1460. The lowest BCUT2D eigenvalue weighted by Crippen LogP contribution is -2.36. The molecule has 35 heavy (non-hydrogen) atoms. The Morgan fingerprint density at radius 2 is 1.97 bits per heavy atom. The molecular formula is C26H24N4O4S. The zero-order valence-corrected chi connectivity index (χ0v) is 20.0. The van der Waals surface area contributed by atoms with Crippen molar-refractivity contribution in [2.45, 2.75) is 33.0 Å². The minimum Gasteiger partial charge on any atom is -0.445 e. The van der Waals surface area contributed by atoms with Gasteiger partial charge in [0.15, 0.2) is 0 Å². The van der Waals surface area contributed by atoms with Crippen LogP contribution in [0.25, 0.3) is 10.2 Å². The molecule has 0 spiro atoms. The van der Waals surface area contributed by atoms with Gasteiger partial charge in [-0.25, -0.2) is 9.78 Å². The number of aromatic amines is 1. The average molecular weight is 489 g/mol. The molecule has 9 heteroatoms. The number of rotatable bonds is 5.